The van der Waals surface area contributed by atoms with Gasteiger partial charge in [0.15, 0.2) is 6.79 Å². The molecule has 6 nitrogen and oxygen atoms in total. The molecule has 0 saturated carbocycles. The first-order valence-corrected chi connectivity index (χ1v) is 9.16. The summed E-state index contributed by atoms with van der Waals surface area (Å²) >= 11 is 0. The lowest BCUT2D eigenvalue weighted by Gasteiger charge is -2.13. The molecular weight excluding hydrogens is 356 g/mol. The monoisotopic (exact) mass is 382 g/mol. The Labute approximate surface area is 164 Å². The summed E-state index contributed by atoms with van der Waals surface area (Å²) in [5, 5.41) is 10.8. The Morgan fingerprint density at radius 2 is 1.86 bits per heavy atom. The van der Waals surface area contributed by atoms with Gasteiger partial charge in [-0.1, -0.05) is 24.3 Å². The van der Waals surface area contributed by atoms with Gasteiger partial charge in [-0.2, -0.15) is 0 Å². The summed E-state index contributed by atoms with van der Waals surface area (Å²) < 4.78 is 12.3. The van der Waals surface area contributed by atoms with Crippen LogP contribution >= 0.6 is 0 Å². The maximum Gasteiger partial charge on any atom is 0.352 e. The van der Waals surface area contributed by atoms with E-state index in [-0.39, 0.29) is 6.79 Å². The number of aryl methyl sites for hydroxylation is 1. The first-order valence-electron chi connectivity index (χ1n) is 9.16. The van der Waals surface area contributed by atoms with E-state index in [4.69, 9.17) is 9.47 Å². The fourth-order valence-corrected chi connectivity index (χ4v) is 3.51. The molecule has 0 atom stereocenters. The van der Waals surface area contributed by atoms with Crippen molar-refractivity contribution in [3.05, 3.63) is 53.7 Å². The average Bonchev–Trinajstić information content (AvgIpc) is 2.97. The third-order valence-corrected chi connectivity index (χ3v) is 4.82. The van der Waals surface area contributed by atoms with Crippen LogP contribution in [-0.2, 0) is 11.3 Å². The zero-order valence-corrected chi connectivity index (χ0v) is 16.7. The number of hydrogen-bond acceptors (Lipinski definition) is 4. The van der Waals surface area contributed by atoms with Crippen LogP contribution in [0.3, 0.4) is 0 Å². The van der Waals surface area contributed by atoms with E-state index in [0.717, 1.165) is 39.9 Å². The second kappa shape index (κ2) is 8.46. The number of benzene rings is 2. The normalized spacial score (nSPS) is 11.3. The van der Waals surface area contributed by atoms with E-state index in [1.807, 2.05) is 68.1 Å². The summed E-state index contributed by atoms with van der Waals surface area (Å²) in [5.74, 6) is -0.175. The highest BCUT2D eigenvalue weighted by Crippen LogP contribution is 2.35. The van der Waals surface area contributed by atoms with Gasteiger partial charge >= 0.3 is 5.97 Å². The second-order valence-corrected chi connectivity index (χ2v) is 7.01. The molecule has 0 unspecified atom stereocenters. The van der Waals surface area contributed by atoms with Crippen molar-refractivity contribution in [2.24, 2.45) is 0 Å². The number of likely N-dealkylation sites (N-methyl/N-ethyl adjacent to an activating group) is 1. The number of rotatable bonds is 8. The molecule has 0 fully saturated rings. The van der Waals surface area contributed by atoms with E-state index in [1.54, 1.807) is 7.11 Å². The lowest BCUT2D eigenvalue weighted by molar-refractivity contribution is 0.0511. The van der Waals surface area contributed by atoms with E-state index in [2.05, 4.69) is 4.90 Å². The summed E-state index contributed by atoms with van der Waals surface area (Å²) in [6.45, 7) is 3.47. The van der Waals surface area contributed by atoms with Crippen LogP contribution < -0.4 is 4.74 Å². The van der Waals surface area contributed by atoms with Crippen molar-refractivity contribution in [3.8, 4) is 16.9 Å². The van der Waals surface area contributed by atoms with E-state index >= 15 is 0 Å². The Hall–Kier alpha value is -2.83. The molecule has 148 valence electrons. The predicted octanol–water partition coefficient (Wildman–Crippen LogP) is 3.86. The minimum atomic E-state index is -0.901. The number of aromatic nitrogens is 1. The van der Waals surface area contributed by atoms with Gasteiger partial charge in [-0.3, -0.25) is 0 Å². The third kappa shape index (κ3) is 3.88. The van der Waals surface area contributed by atoms with Crippen LogP contribution in [0.15, 0.2) is 42.5 Å². The van der Waals surface area contributed by atoms with Crippen molar-refractivity contribution in [2.45, 2.75) is 13.5 Å². The fourth-order valence-electron chi connectivity index (χ4n) is 3.51. The number of fused-ring (bicyclic) bond motifs is 1. The molecule has 0 radical (unpaired) electrons. The zero-order chi connectivity index (χ0) is 20.3. The number of carboxylic acids is 1. The Kier molecular flexibility index (Phi) is 6.02. The van der Waals surface area contributed by atoms with Gasteiger partial charge in [0.1, 0.15) is 11.4 Å². The van der Waals surface area contributed by atoms with Crippen molar-refractivity contribution in [2.75, 3.05) is 34.5 Å². The smallest absolute Gasteiger partial charge is 0.352 e. The van der Waals surface area contributed by atoms with Gasteiger partial charge in [0.05, 0.1) is 0 Å². The zero-order valence-electron chi connectivity index (χ0n) is 16.7. The Bertz CT molecular complexity index is 974. The molecule has 2 aromatic carbocycles. The highest BCUT2D eigenvalue weighted by atomic mass is 16.7. The standard InChI is InChI=1S/C22H26N2O4/c1-15-20-18(16-8-10-17(11-9-16)28-14-27-4)6-5-7-19(20)24(13-12-23(2)3)21(15)22(25)26/h5-11H,12-14H2,1-4H3,(H,25,26). The molecule has 3 aromatic rings. The van der Waals surface area contributed by atoms with Gasteiger partial charge < -0.3 is 24.0 Å². The van der Waals surface area contributed by atoms with Gasteiger partial charge in [0, 0.05) is 31.1 Å². The van der Waals surface area contributed by atoms with Crippen LogP contribution in [0.25, 0.3) is 22.0 Å². The molecule has 6 heteroatoms. The first kappa shape index (κ1) is 19.9. The molecule has 3 rings (SSSR count). The van der Waals surface area contributed by atoms with Gasteiger partial charge in [-0.25, -0.2) is 4.79 Å². The first-order chi connectivity index (χ1) is 13.4. The van der Waals surface area contributed by atoms with Crippen LogP contribution in [0.1, 0.15) is 16.1 Å². The van der Waals surface area contributed by atoms with E-state index in [0.29, 0.717) is 12.2 Å². The molecule has 0 aliphatic rings. The van der Waals surface area contributed by atoms with Gasteiger partial charge in [0.2, 0.25) is 0 Å². The van der Waals surface area contributed by atoms with Crippen molar-refractivity contribution in [1.29, 1.82) is 0 Å². The van der Waals surface area contributed by atoms with E-state index in [9.17, 15) is 9.90 Å². The minimum Gasteiger partial charge on any atom is -0.477 e. The molecular formula is C22H26N2O4. The van der Waals surface area contributed by atoms with Gasteiger partial charge in [-0.15, -0.1) is 0 Å². The summed E-state index contributed by atoms with van der Waals surface area (Å²) in [5.41, 5.74) is 4.11. The average molecular weight is 382 g/mol. The lowest BCUT2D eigenvalue weighted by Crippen LogP contribution is -2.20. The van der Waals surface area contributed by atoms with Crippen molar-refractivity contribution < 1.29 is 19.4 Å². The SMILES string of the molecule is COCOc1ccc(-c2cccc3c2c(C)c(C(=O)O)n3CCN(C)C)cc1. The highest BCUT2D eigenvalue weighted by Gasteiger charge is 2.21. The van der Waals surface area contributed by atoms with Crippen LogP contribution in [-0.4, -0.2) is 55.1 Å². The highest BCUT2D eigenvalue weighted by molar-refractivity contribution is 6.04. The molecule has 1 N–H and O–H groups in total. The fraction of sp³-hybridized carbons (Fsp3) is 0.318. The molecule has 0 bridgehead atoms. The topological polar surface area (TPSA) is 63.9 Å². The van der Waals surface area contributed by atoms with Crippen molar-refractivity contribution >= 4 is 16.9 Å². The maximum absolute atomic E-state index is 12.0. The van der Waals surface area contributed by atoms with Crippen LogP contribution in [0.4, 0.5) is 0 Å². The number of ether oxygens (including phenoxy) is 2. The molecule has 28 heavy (non-hydrogen) atoms. The second-order valence-electron chi connectivity index (χ2n) is 7.01. The van der Waals surface area contributed by atoms with Gasteiger partial charge in [-0.05, 0) is 55.9 Å². The molecule has 1 heterocycles. The molecule has 0 spiro atoms. The van der Waals surface area contributed by atoms with Crippen LogP contribution in [0.5, 0.6) is 5.75 Å². The van der Waals surface area contributed by atoms with E-state index in [1.165, 1.54) is 0 Å². The molecule has 0 amide bonds. The van der Waals surface area contributed by atoms with Crippen molar-refractivity contribution in [1.82, 2.24) is 9.47 Å². The summed E-state index contributed by atoms with van der Waals surface area (Å²) in [7, 11) is 5.55. The number of carbonyl (C=O) groups is 1. The third-order valence-electron chi connectivity index (χ3n) is 4.82. The summed E-state index contributed by atoms with van der Waals surface area (Å²) in [6, 6.07) is 13.7. The van der Waals surface area contributed by atoms with Crippen LogP contribution in [0.2, 0.25) is 0 Å². The lowest BCUT2D eigenvalue weighted by atomic mass is 9.99. The summed E-state index contributed by atoms with van der Waals surface area (Å²) in [6.07, 6.45) is 0. The Morgan fingerprint density at radius 1 is 1.14 bits per heavy atom. The van der Waals surface area contributed by atoms with Crippen LogP contribution in [0, 0.1) is 6.92 Å². The number of nitrogens with zero attached hydrogens (tertiary/aromatic N) is 2. The van der Waals surface area contributed by atoms with Crippen molar-refractivity contribution in [3.63, 3.8) is 0 Å². The molecule has 0 aliphatic carbocycles. The number of aromatic carboxylic acids is 1. The van der Waals surface area contributed by atoms with Gasteiger partial charge in [0.25, 0.3) is 0 Å². The van der Waals surface area contributed by atoms with E-state index < -0.39 is 5.97 Å². The number of hydrogen-bond donors (Lipinski definition) is 1. The largest absolute Gasteiger partial charge is 0.477 e. The predicted molar refractivity (Wildman–Crippen MR) is 110 cm³/mol. The molecule has 0 saturated heterocycles. The summed E-state index contributed by atoms with van der Waals surface area (Å²) in [4.78, 5) is 14.0. The maximum atomic E-state index is 12.0. The Morgan fingerprint density at radius 3 is 2.46 bits per heavy atom. The minimum absolute atomic E-state index is 0.199. The quantitative estimate of drug-likeness (QED) is 0.600. The number of carboxylic acid groups (broad SMARTS) is 1. The molecule has 1 aromatic heterocycles. The number of methoxy groups -OCH3 is 1. The Balaban J connectivity index is 2.12. The molecule has 0 aliphatic heterocycles.